The second kappa shape index (κ2) is 4.70. The van der Waals surface area contributed by atoms with Crippen molar-refractivity contribution in [2.75, 3.05) is 6.54 Å². The monoisotopic (exact) mass is 231 g/mol. The van der Waals surface area contributed by atoms with E-state index in [-0.39, 0.29) is 0 Å². The number of halogens is 1. The molecule has 0 unspecified atom stereocenters. The Bertz CT molecular complexity index is 218. The van der Waals surface area contributed by atoms with Crippen LogP contribution in [0.15, 0.2) is 28.6 Å². The van der Waals surface area contributed by atoms with Crippen LogP contribution in [0.25, 0.3) is 0 Å². The van der Waals surface area contributed by atoms with Gasteiger partial charge in [-0.15, -0.1) is 11.3 Å². The molecule has 0 aliphatic heterocycles. The van der Waals surface area contributed by atoms with Gasteiger partial charge >= 0.3 is 0 Å². The molecule has 3 heteroatoms. The highest BCUT2D eigenvalue weighted by atomic mass is 79.9. The van der Waals surface area contributed by atoms with Gasteiger partial charge in [0.05, 0.1) is 0 Å². The first-order chi connectivity index (χ1) is 5.29. The Morgan fingerprint density at radius 3 is 3.09 bits per heavy atom. The molecule has 0 amide bonds. The van der Waals surface area contributed by atoms with Gasteiger partial charge in [-0.2, -0.15) is 0 Å². The van der Waals surface area contributed by atoms with E-state index in [0.717, 1.165) is 17.6 Å². The molecule has 1 rings (SSSR count). The second-order valence-corrected chi connectivity index (χ2v) is 4.35. The van der Waals surface area contributed by atoms with Crippen LogP contribution in [0, 0.1) is 0 Å². The predicted octanol–water partition coefficient (Wildman–Crippen LogP) is 2.75. The van der Waals surface area contributed by atoms with Gasteiger partial charge in [-0.3, -0.25) is 0 Å². The zero-order valence-corrected chi connectivity index (χ0v) is 8.54. The molecule has 0 aliphatic carbocycles. The highest BCUT2D eigenvalue weighted by Gasteiger charge is 1.91. The fraction of sp³-hybridized carbons (Fsp3) is 0.250. The maximum atomic E-state index is 3.73. The van der Waals surface area contributed by atoms with Gasteiger partial charge in [-0.25, -0.2) is 0 Å². The van der Waals surface area contributed by atoms with Crippen LogP contribution in [0.3, 0.4) is 0 Å². The Kier molecular flexibility index (Phi) is 3.83. The lowest BCUT2D eigenvalue weighted by Gasteiger charge is -1.99. The maximum Gasteiger partial charge on any atom is 0.0303 e. The minimum Gasteiger partial charge on any atom is -0.307 e. The van der Waals surface area contributed by atoms with Crippen LogP contribution in [-0.4, -0.2) is 6.54 Å². The molecule has 0 spiro atoms. The molecule has 1 nitrogen and oxygen atoms in total. The van der Waals surface area contributed by atoms with Crippen molar-refractivity contribution in [1.82, 2.24) is 5.32 Å². The third-order valence-electron chi connectivity index (χ3n) is 1.20. The molecule has 0 radical (unpaired) electrons. The van der Waals surface area contributed by atoms with Crippen LogP contribution in [-0.2, 0) is 6.54 Å². The summed E-state index contributed by atoms with van der Waals surface area (Å²) in [4.78, 5) is 1.36. The molecule has 0 saturated carbocycles. The third kappa shape index (κ3) is 3.70. The van der Waals surface area contributed by atoms with E-state index < -0.39 is 0 Å². The van der Waals surface area contributed by atoms with E-state index in [1.54, 1.807) is 11.3 Å². The third-order valence-corrected chi connectivity index (χ3v) is 2.35. The van der Waals surface area contributed by atoms with E-state index in [2.05, 4.69) is 45.3 Å². The lowest BCUT2D eigenvalue weighted by atomic mass is 10.4. The Hall–Kier alpha value is -0.120. The quantitative estimate of drug-likeness (QED) is 0.841. The molecule has 1 heterocycles. The first-order valence-corrected chi connectivity index (χ1v) is 5.02. The summed E-state index contributed by atoms with van der Waals surface area (Å²) in [6.07, 6.45) is 0. The van der Waals surface area contributed by atoms with E-state index in [1.807, 2.05) is 0 Å². The molecule has 0 aliphatic rings. The van der Waals surface area contributed by atoms with Crippen molar-refractivity contribution in [2.24, 2.45) is 0 Å². The van der Waals surface area contributed by atoms with E-state index >= 15 is 0 Å². The minimum atomic E-state index is 0.831. The number of nitrogens with one attached hydrogen (secondary N) is 1. The molecular formula is C8H10BrNS. The molecule has 0 atom stereocenters. The van der Waals surface area contributed by atoms with Gasteiger partial charge in [0.2, 0.25) is 0 Å². The van der Waals surface area contributed by atoms with Crippen LogP contribution in [0.5, 0.6) is 0 Å². The summed E-state index contributed by atoms with van der Waals surface area (Å²) >= 11 is 5.05. The lowest BCUT2D eigenvalue weighted by Crippen LogP contribution is -2.13. The Balaban J connectivity index is 2.19. The molecule has 0 aromatic carbocycles. The van der Waals surface area contributed by atoms with Gasteiger partial charge < -0.3 is 5.32 Å². The van der Waals surface area contributed by atoms with Crippen molar-refractivity contribution in [3.8, 4) is 0 Å². The van der Waals surface area contributed by atoms with Crippen molar-refractivity contribution < 1.29 is 0 Å². The van der Waals surface area contributed by atoms with E-state index in [0.29, 0.717) is 0 Å². The minimum absolute atomic E-state index is 0.831. The van der Waals surface area contributed by atoms with Crippen molar-refractivity contribution in [3.63, 3.8) is 0 Å². The molecule has 1 N–H and O–H groups in total. The summed E-state index contributed by atoms with van der Waals surface area (Å²) in [7, 11) is 0. The highest BCUT2D eigenvalue weighted by molar-refractivity contribution is 9.11. The summed E-state index contributed by atoms with van der Waals surface area (Å²) in [6.45, 7) is 5.50. The summed E-state index contributed by atoms with van der Waals surface area (Å²) < 4.78 is 0.994. The van der Waals surface area contributed by atoms with Crippen LogP contribution in [0.1, 0.15) is 4.88 Å². The van der Waals surface area contributed by atoms with E-state index in [1.165, 1.54) is 4.88 Å². The number of hydrogen-bond acceptors (Lipinski definition) is 2. The van der Waals surface area contributed by atoms with Gasteiger partial charge in [0.15, 0.2) is 0 Å². The standard InChI is InChI=1S/C8H10BrNS/c1-7(9)5-10-6-8-3-2-4-11-8/h2-4,10H,1,5-6H2. The molecule has 0 saturated heterocycles. The normalized spacial score (nSPS) is 9.91. The Morgan fingerprint density at radius 2 is 2.55 bits per heavy atom. The summed E-state index contributed by atoms with van der Waals surface area (Å²) in [5.74, 6) is 0. The fourth-order valence-corrected chi connectivity index (χ4v) is 1.61. The molecule has 1 aromatic rings. The summed E-state index contributed by atoms with van der Waals surface area (Å²) in [5, 5.41) is 5.33. The molecule has 11 heavy (non-hydrogen) atoms. The summed E-state index contributed by atoms with van der Waals surface area (Å²) in [5.41, 5.74) is 0. The van der Waals surface area contributed by atoms with Crippen molar-refractivity contribution in [2.45, 2.75) is 6.54 Å². The molecular weight excluding hydrogens is 222 g/mol. The predicted molar refractivity (Wildman–Crippen MR) is 54.1 cm³/mol. The average Bonchev–Trinajstić information content (AvgIpc) is 2.39. The highest BCUT2D eigenvalue weighted by Crippen LogP contribution is 2.07. The van der Waals surface area contributed by atoms with E-state index in [9.17, 15) is 0 Å². The molecule has 0 bridgehead atoms. The fourth-order valence-electron chi connectivity index (χ4n) is 0.734. The van der Waals surface area contributed by atoms with Crippen LogP contribution < -0.4 is 5.32 Å². The first kappa shape index (κ1) is 8.97. The van der Waals surface area contributed by atoms with Gasteiger partial charge in [-0.05, 0) is 11.4 Å². The number of rotatable bonds is 4. The largest absolute Gasteiger partial charge is 0.307 e. The smallest absolute Gasteiger partial charge is 0.0303 e. The average molecular weight is 232 g/mol. The second-order valence-electron chi connectivity index (χ2n) is 2.20. The number of thiophene rings is 1. The first-order valence-electron chi connectivity index (χ1n) is 3.35. The molecule has 0 fully saturated rings. The van der Waals surface area contributed by atoms with Gasteiger partial charge in [-0.1, -0.05) is 28.6 Å². The number of hydrogen-bond donors (Lipinski definition) is 1. The lowest BCUT2D eigenvalue weighted by molar-refractivity contribution is 0.767. The Labute approximate surface area is 79.3 Å². The van der Waals surface area contributed by atoms with Gasteiger partial charge in [0.25, 0.3) is 0 Å². The summed E-state index contributed by atoms with van der Waals surface area (Å²) in [6, 6.07) is 4.18. The topological polar surface area (TPSA) is 12.0 Å². The Morgan fingerprint density at radius 1 is 1.73 bits per heavy atom. The van der Waals surface area contributed by atoms with Crippen LogP contribution in [0.4, 0.5) is 0 Å². The van der Waals surface area contributed by atoms with Crippen molar-refractivity contribution >= 4 is 27.3 Å². The zero-order valence-electron chi connectivity index (χ0n) is 6.14. The van der Waals surface area contributed by atoms with Gasteiger partial charge in [0, 0.05) is 22.4 Å². The van der Waals surface area contributed by atoms with Gasteiger partial charge in [0.1, 0.15) is 0 Å². The molecule has 1 aromatic heterocycles. The zero-order chi connectivity index (χ0) is 8.10. The van der Waals surface area contributed by atoms with Crippen LogP contribution in [0.2, 0.25) is 0 Å². The SMILES string of the molecule is C=C(Br)CNCc1cccs1. The molecule has 60 valence electrons. The maximum absolute atomic E-state index is 3.73. The van der Waals surface area contributed by atoms with E-state index in [4.69, 9.17) is 0 Å². The van der Waals surface area contributed by atoms with Crippen LogP contribution >= 0.6 is 27.3 Å². The van der Waals surface area contributed by atoms with Crippen molar-refractivity contribution in [3.05, 3.63) is 33.5 Å². The van der Waals surface area contributed by atoms with Crippen molar-refractivity contribution in [1.29, 1.82) is 0 Å².